The van der Waals surface area contributed by atoms with E-state index in [9.17, 15) is 4.79 Å². The number of benzene rings is 2. The first-order chi connectivity index (χ1) is 10.2. The number of aliphatic hydroxyl groups is 1. The monoisotopic (exact) mass is 303 g/mol. The van der Waals surface area contributed by atoms with Crippen LogP contribution in [0, 0.1) is 0 Å². The summed E-state index contributed by atoms with van der Waals surface area (Å²) in [5.41, 5.74) is 1.97. The molecule has 0 bridgehead atoms. The van der Waals surface area contributed by atoms with Gasteiger partial charge in [-0.25, -0.2) is 0 Å². The van der Waals surface area contributed by atoms with Crippen molar-refractivity contribution in [2.45, 2.75) is 13.0 Å². The number of halogens is 1. The SMILES string of the molecule is O=C(Cc1ccc(Cl)cc1)N(CCO)Cc1ccccc1. The Labute approximate surface area is 129 Å². The van der Waals surface area contributed by atoms with Gasteiger partial charge in [0.05, 0.1) is 13.0 Å². The minimum absolute atomic E-state index is 0.00442. The molecule has 0 aliphatic rings. The second-order valence-electron chi connectivity index (χ2n) is 4.83. The lowest BCUT2D eigenvalue weighted by atomic mass is 10.1. The largest absolute Gasteiger partial charge is 0.395 e. The van der Waals surface area contributed by atoms with Crippen molar-refractivity contribution in [1.29, 1.82) is 0 Å². The third-order valence-electron chi connectivity index (χ3n) is 3.21. The number of carbonyl (C=O) groups excluding carboxylic acids is 1. The Morgan fingerprint density at radius 3 is 2.29 bits per heavy atom. The van der Waals surface area contributed by atoms with Crippen LogP contribution in [-0.2, 0) is 17.8 Å². The van der Waals surface area contributed by atoms with E-state index in [-0.39, 0.29) is 12.5 Å². The molecule has 4 heteroatoms. The van der Waals surface area contributed by atoms with Crippen molar-refractivity contribution >= 4 is 17.5 Å². The molecule has 3 nitrogen and oxygen atoms in total. The highest BCUT2D eigenvalue weighted by Crippen LogP contribution is 2.12. The standard InChI is InChI=1S/C17H18ClNO2/c18-16-8-6-14(7-9-16)12-17(21)19(10-11-20)13-15-4-2-1-3-5-15/h1-9,20H,10-13H2. The molecule has 2 aromatic carbocycles. The smallest absolute Gasteiger partial charge is 0.227 e. The van der Waals surface area contributed by atoms with E-state index in [1.54, 1.807) is 17.0 Å². The van der Waals surface area contributed by atoms with E-state index >= 15 is 0 Å². The van der Waals surface area contributed by atoms with E-state index < -0.39 is 0 Å². The highest BCUT2D eigenvalue weighted by atomic mass is 35.5. The van der Waals surface area contributed by atoms with Crippen LogP contribution in [0.5, 0.6) is 0 Å². The zero-order valence-corrected chi connectivity index (χ0v) is 12.5. The topological polar surface area (TPSA) is 40.5 Å². The minimum atomic E-state index is -0.0425. The number of aliphatic hydroxyl groups excluding tert-OH is 1. The fraction of sp³-hybridized carbons (Fsp3) is 0.235. The molecule has 0 aliphatic heterocycles. The van der Waals surface area contributed by atoms with Gasteiger partial charge in [0, 0.05) is 18.1 Å². The van der Waals surface area contributed by atoms with Gasteiger partial charge in [-0.2, -0.15) is 0 Å². The number of rotatable bonds is 6. The van der Waals surface area contributed by atoms with E-state index in [0.717, 1.165) is 11.1 Å². The molecule has 21 heavy (non-hydrogen) atoms. The van der Waals surface area contributed by atoms with E-state index in [1.807, 2.05) is 42.5 Å². The van der Waals surface area contributed by atoms with Gasteiger partial charge in [-0.05, 0) is 23.3 Å². The van der Waals surface area contributed by atoms with Crippen molar-refractivity contribution in [1.82, 2.24) is 4.90 Å². The molecule has 0 aromatic heterocycles. The fourth-order valence-electron chi connectivity index (χ4n) is 2.11. The molecule has 1 N–H and O–H groups in total. The summed E-state index contributed by atoms with van der Waals surface area (Å²) in [7, 11) is 0. The molecule has 2 aromatic rings. The molecule has 1 amide bonds. The third-order valence-corrected chi connectivity index (χ3v) is 3.46. The van der Waals surface area contributed by atoms with Crippen LogP contribution in [0.3, 0.4) is 0 Å². The Morgan fingerprint density at radius 2 is 1.67 bits per heavy atom. The Morgan fingerprint density at radius 1 is 1.00 bits per heavy atom. The number of nitrogens with zero attached hydrogens (tertiary/aromatic N) is 1. The van der Waals surface area contributed by atoms with Crippen molar-refractivity contribution in [2.24, 2.45) is 0 Å². The molecule has 0 radical (unpaired) electrons. The van der Waals surface area contributed by atoms with Gasteiger partial charge in [-0.15, -0.1) is 0 Å². The highest BCUT2D eigenvalue weighted by molar-refractivity contribution is 6.30. The van der Waals surface area contributed by atoms with E-state index in [1.165, 1.54) is 0 Å². The summed E-state index contributed by atoms with van der Waals surface area (Å²) in [4.78, 5) is 14.0. The minimum Gasteiger partial charge on any atom is -0.395 e. The highest BCUT2D eigenvalue weighted by Gasteiger charge is 2.14. The van der Waals surface area contributed by atoms with Crippen molar-refractivity contribution in [2.75, 3.05) is 13.2 Å². The lowest BCUT2D eigenvalue weighted by Gasteiger charge is -2.22. The maximum atomic E-state index is 12.4. The van der Waals surface area contributed by atoms with Crippen LogP contribution in [0.25, 0.3) is 0 Å². The van der Waals surface area contributed by atoms with Crippen LogP contribution >= 0.6 is 11.6 Å². The summed E-state index contributed by atoms with van der Waals surface area (Å²) in [6, 6.07) is 17.0. The predicted molar refractivity (Wildman–Crippen MR) is 84.1 cm³/mol. The predicted octanol–water partition coefficient (Wildman–Crippen LogP) is 2.90. The first kappa shape index (κ1) is 15.5. The number of amides is 1. The van der Waals surface area contributed by atoms with Gasteiger partial charge in [0.25, 0.3) is 0 Å². The van der Waals surface area contributed by atoms with Crippen LogP contribution < -0.4 is 0 Å². The summed E-state index contributed by atoms with van der Waals surface area (Å²) >= 11 is 5.84. The molecular formula is C17H18ClNO2. The summed E-state index contributed by atoms with van der Waals surface area (Å²) < 4.78 is 0. The molecule has 110 valence electrons. The zero-order chi connectivity index (χ0) is 15.1. The van der Waals surface area contributed by atoms with Crippen molar-refractivity contribution in [3.8, 4) is 0 Å². The Kier molecular flexibility index (Phi) is 5.78. The molecule has 0 atom stereocenters. The molecular weight excluding hydrogens is 286 g/mol. The average molecular weight is 304 g/mol. The first-order valence-corrected chi connectivity index (χ1v) is 7.24. The first-order valence-electron chi connectivity index (χ1n) is 6.86. The second kappa shape index (κ2) is 7.81. The third kappa shape index (κ3) is 4.88. The molecule has 0 aliphatic carbocycles. The zero-order valence-electron chi connectivity index (χ0n) is 11.7. The van der Waals surface area contributed by atoms with Crippen LogP contribution in [0.15, 0.2) is 54.6 Å². The van der Waals surface area contributed by atoms with Gasteiger partial charge in [0.2, 0.25) is 5.91 Å². The summed E-state index contributed by atoms with van der Waals surface area (Å²) in [5.74, 6) is -0.00442. The maximum Gasteiger partial charge on any atom is 0.227 e. The van der Waals surface area contributed by atoms with Crippen LogP contribution in [0.1, 0.15) is 11.1 Å². The molecule has 0 spiro atoms. The Balaban J connectivity index is 2.03. The molecule has 0 unspecified atom stereocenters. The van der Waals surface area contributed by atoms with E-state index in [4.69, 9.17) is 16.7 Å². The van der Waals surface area contributed by atoms with Gasteiger partial charge in [0.1, 0.15) is 0 Å². The summed E-state index contributed by atoms with van der Waals surface area (Å²) in [5, 5.41) is 9.81. The molecule has 0 heterocycles. The number of hydrogen-bond donors (Lipinski definition) is 1. The second-order valence-corrected chi connectivity index (χ2v) is 5.26. The molecule has 0 saturated carbocycles. The maximum absolute atomic E-state index is 12.4. The summed E-state index contributed by atoms with van der Waals surface area (Å²) in [6.07, 6.45) is 0.310. The lowest BCUT2D eigenvalue weighted by molar-refractivity contribution is -0.131. The quantitative estimate of drug-likeness (QED) is 0.891. The van der Waals surface area contributed by atoms with Gasteiger partial charge in [-0.3, -0.25) is 4.79 Å². The Bertz CT molecular complexity index is 569. The Hall–Kier alpha value is -1.84. The van der Waals surface area contributed by atoms with Crippen LogP contribution in [-0.4, -0.2) is 29.1 Å². The number of hydrogen-bond acceptors (Lipinski definition) is 2. The normalized spacial score (nSPS) is 10.4. The summed E-state index contributed by atoms with van der Waals surface area (Å²) in [6.45, 7) is 0.800. The van der Waals surface area contributed by atoms with Crippen molar-refractivity contribution < 1.29 is 9.90 Å². The average Bonchev–Trinajstić information content (AvgIpc) is 2.50. The fourth-order valence-corrected chi connectivity index (χ4v) is 2.23. The van der Waals surface area contributed by atoms with Gasteiger partial charge in [-0.1, -0.05) is 54.1 Å². The molecule has 0 saturated heterocycles. The lowest BCUT2D eigenvalue weighted by Crippen LogP contribution is -2.34. The van der Waals surface area contributed by atoms with Crippen molar-refractivity contribution in [3.63, 3.8) is 0 Å². The van der Waals surface area contributed by atoms with Crippen LogP contribution in [0.2, 0.25) is 5.02 Å². The van der Waals surface area contributed by atoms with Crippen LogP contribution in [0.4, 0.5) is 0 Å². The molecule has 2 rings (SSSR count). The van der Waals surface area contributed by atoms with Crippen molar-refractivity contribution in [3.05, 3.63) is 70.7 Å². The molecule has 0 fully saturated rings. The number of carbonyl (C=O) groups is 1. The van der Waals surface area contributed by atoms with Gasteiger partial charge < -0.3 is 10.0 Å². The van der Waals surface area contributed by atoms with E-state index in [2.05, 4.69) is 0 Å². The van der Waals surface area contributed by atoms with Gasteiger partial charge in [0.15, 0.2) is 0 Å². The van der Waals surface area contributed by atoms with E-state index in [0.29, 0.717) is 24.5 Å². The van der Waals surface area contributed by atoms with Gasteiger partial charge >= 0.3 is 0 Å².